The number of aliphatic hydroxyl groups excluding tert-OH is 1. The van der Waals surface area contributed by atoms with Gasteiger partial charge in [0.15, 0.2) is 11.8 Å². The molecule has 4 aliphatic rings. The van der Waals surface area contributed by atoms with Gasteiger partial charge in [0, 0.05) is 41.1 Å². The molecule has 4 aliphatic carbocycles. The number of carbonyl (C=O) groups is 4. The van der Waals surface area contributed by atoms with Crippen molar-refractivity contribution in [2.75, 3.05) is 0 Å². The fraction of sp³-hybridized carbons (Fsp3) is 0.750. The Morgan fingerprint density at radius 3 is 2.33 bits per heavy atom. The molecule has 0 aromatic carbocycles. The van der Waals surface area contributed by atoms with Crippen LogP contribution in [0.4, 0.5) is 13.2 Å². The van der Waals surface area contributed by atoms with Crippen LogP contribution in [-0.2, 0) is 28.7 Å². The van der Waals surface area contributed by atoms with Crippen molar-refractivity contribution in [3.63, 3.8) is 0 Å². The number of rotatable bonds is 10. The van der Waals surface area contributed by atoms with Crippen LogP contribution in [0.2, 0.25) is 0 Å². The summed E-state index contributed by atoms with van der Waals surface area (Å²) in [5, 5.41) is 22.1. The third-order valence-corrected chi connectivity index (χ3v) is 10.9. The van der Waals surface area contributed by atoms with Gasteiger partial charge in [0.1, 0.15) is 12.0 Å². The van der Waals surface area contributed by atoms with Crippen LogP contribution in [0.15, 0.2) is 23.6 Å². The Morgan fingerprint density at radius 2 is 1.72 bits per heavy atom. The average Bonchev–Trinajstić information content (AvgIpc) is 3.14. The maximum absolute atomic E-state index is 17.7. The Morgan fingerprint density at radius 1 is 1.05 bits per heavy atom. The van der Waals surface area contributed by atoms with Gasteiger partial charge in [-0.2, -0.15) is 0 Å². The zero-order valence-electron chi connectivity index (χ0n) is 25.5. The lowest BCUT2D eigenvalue weighted by Crippen LogP contribution is -2.71. The second kappa shape index (κ2) is 11.7. The van der Waals surface area contributed by atoms with E-state index in [2.05, 4.69) is 0 Å². The van der Waals surface area contributed by atoms with Crippen molar-refractivity contribution in [2.45, 2.75) is 122 Å². The second-order valence-electron chi connectivity index (χ2n) is 13.3. The predicted molar refractivity (Wildman–Crippen MR) is 149 cm³/mol. The molecule has 0 heterocycles. The minimum atomic E-state index is -2.63. The summed E-state index contributed by atoms with van der Waals surface area (Å²) in [5.74, 6) is -8.34. The fourth-order valence-corrected chi connectivity index (χ4v) is 8.79. The van der Waals surface area contributed by atoms with E-state index in [1.807, 2.05) is 6.92 Å². The summed E-state index contributed by atoms with van der Waals surface area (Å²) in [7, 11) is 0. The van der Waals surface area contributed by atoms with E-state index in [1.54, 1.807) is 20.8 Å². The summed E-state index contributed by atoms with van der Waals surface area (Å²) in [6, 6.07) is 0. The van der Waals surface area contributed by atoms with Gasteiger partial charge < -0.3 is 19.7 Å². The molecule has 0 amide bonds. The number of aliphatic carboxylic acids is 1. The number of ketones is 1. The first-order valence-corrected chi connectivity index (χ1v) is 15.4. The number of unbranched alkanes of at least 4 members (excludes halogenated alkanes) is 2. The van der Waals surface area contributed by atoms with Gasteiger partial charge in [-0.25, -0.2) is 22.8 Å². The number of Topliss-reactive ketones (excluding diaryl/α,β-unsaturated/α-hetero) is 1. The molecule has 8 nitrogen and oxygen atoms in total. The summed E-state index contributed by atoms with van der Waals surface area (Å²) < 4.78 is 60.4. The number of fused-ring (bicyclic) bond motifs is 5. The van der Waals surface area contributed by atoms with Crippen LogP contribution in [0.1, 0.15) is 92.4 Å². The number of carboxylic acids is 1. The van der Waals surface area contributed by atoms with Crippen molar-refractivity contribution in [2.24, 2.45) is 28.6 Å². The fourth-order valence-electron chi connectivity index (χ4n) is 8.79. The smallest absolute Gasteiger partial charge is 0.375 e. The molecule has 0 aromatic rings. The molecule has 10 atom stereocenters. The summed E-state index contributed by atoms with van der Waals surface area (Å²) in [4.78, 5) is 50.0. The number of allylic oxidation sites excluding steroid dienone is 2. The molecule has 2 N–H and O–H groups in total. The van der Waals surface area contributed by atoms with Crippen LogP contribution in [-0.4, -0.2) is 63.6 Å². The predicted octanol–water partition coefficient (Wildman–Crippen LogP) is 5.51. The van der Waals surface area contributed by atoms with Gasteiger partial charge >= 0.3 is 17.9 Å². The molecule has 11 heteroatoms. The van der Waals surface area contributed by atoms with Crippen molar-refractivity contribution in [1.82, 2.24) is 0 Å². The van der Waals surface area contributed by atoms with Gasteiger partial charge in [-0.15, -0.1) is 0 Å². The summed E-state index contributed by atoms with van der Waals surface area (Å²) in [6.07, 6.45) is -1.95. The number of halogens is 3. The lowest BCUT2D eigenvalue weighted by atomic mass is 9.44. The molecule has 0 saturated heterocycles. The molecule has 4 rings (SSSR count). The highest BCUT2D eigenvalue weighted by molar-refractivity contribution is 6.33. The van der Waals surface area contributed by atoms with Gasteiger partial charge in [-0.05, 0) is 51.0 Å². The zero-order chi connectivity index (χ0) is 32.1. The first-order chi connectivity index (χ1) is 20.1. The Bertz CT molecular complexity index is 1230. The number of hydrogen-bond acceptors (Lipinski definition) is 7. The molecule has 3 saturated carbocycles. The normalized spacial score (nSPS) is 41.6. The number of esters is 2. The van der Waals surface area contributed by atoms with E-state index < -0.39 is 106 Å². The van der Waals surface area contributed by atoms with Crippen molar-refractivity contribution in [3.8, 4) is 0 Å². The van der Waals surface area contributed by atoms with E-state index >= 15 is 13.2 Å². The molecule has 0 radical (unpaired) electrons. The SMILES string of the molecule is CCCCCC(=O)O[C@]1(C(=O)O)[C@H](C)C[C@H]2[C@@H]3C[C@H](F)C4=C(F)C(OC(=O)C(=O)CCC)C=C[C@]4(C)[C@@]3(F)[C@@H](O)C[C@@]21C. The van der Waals surface area contributed by atoms with Gasteiger partial charge in [-0.1, -0.05) is 46.6 Å². The van der Waals surface area contributed by atoms with E-state index in [1.165, 1.54) is 13.0 Å². The van der Waals surface area contributed by atoms with E-state index in [0.29, 0.717) is 12.8 Å². The van der Waals surface area contributed by atoms with Crippen molar-refractivity contribution in [1.29, 1.82) is 0 Å². The molecule has 240 valence electrons. The Labute approximate surface area is 250 Å². The molecule has 0 spiro atoms. The standard InChI is InChI=1S/C32H43F3O8/c1-6-8-9-11-24(38)43-32(28(40)41)17(3)14-18-19-15-20(33)25-26(34)22(42-27(39)21(36)10-7-2)12-13-29(25,4)31(19,35)23(37)16-30(18,32)5/h12-13,17-20,22-23,37H,6-11,14-16H2,1-5H3,(H,40,41)/t17-,18+,19+,20+,22?,23+,29+,30+,31+,32+/m1/s1. The van der Waals surface area contributed by atoms with Crippen molar-refractivity contribution < 1.29 is 52.0 Å². The zero-order valence-corrected chi connectivity index (χ0v) is 25.5. The highest BCUT2D eigenvalue weighted by Gasteiger charge is 2.79. The summed E-state index contributed by atoms with van der Waals surface area (Å²) in [6.45, 7) is 8.07. The minimum Gasteiger partial charge on any atom is -0.478 e. The lowest BCUT2D eigenvalue weighted by molar-refractivity contribution is -0.237. The number of aliphatic hydroxyl groups is 1. The maximum atomic E-state index is 17.7. The minimum absolute atomic E-state index is 0.00794. The molecular formula is C32H43F3O8. The van der Waals surface area contributed by atoms with E-state index in [4.69, 9.17) is 9.47 Å². The Hall–Kier alpha value is -2.69. The lowest BCUT2D eigenvalue weighted by Gasteiger charge is -2.63. The highest BCUT2D eigenvalue weighted by Crippen LogP contribution is 2.72. The largest absolute Gasteiger partial charge is 0.478 e. The Balaban J connectivity index is 1.72. The molecule has 0 aromatic heterocycles. The number of carbonyl (C=O) groups excluding carboxylic acids is 3. The molecule has 3 fully saturated rings. The molecule has 0 aliphatic heterocycles. The number of alkyl halides is 2. The molecule has 1 unspecified atom stereocenters. The van der Waals surface area contributed by atoms with Gasteiger partial charge in [0.05, 0.1) is 6.10 Å². The van der Waals surface area contributed by atoms with Crippen LogP contribution >= 0.6 is 0 Å². The van der Waals surface area contributed by atoms with Crippen LogP contribution < -0.4 is 0 Å². The van der Waals surface area contributed by atoms with Crippen molar-refractivity contribution >= 4 is 23.7 Å². The van der Waals surface area contributed by atoms with Crippen LogP contribution in [0.5, 0.6) is 0 Å². The van der Waals surface area contributed by atoms with Gasteiger partial charge in [0.25, 0.3) is 0 Å². The van der Waals surface area contributed by atoms with E-state index in [0.717, 1.165) is 18.9 Å². The molecular weight excluding hydrogens is 569 g/mol. The van der Waals surface area contributed by atoms with E-state index in [-0.39, 0.29) is 19.3 Å². The number of ether oxygens (including phenoxy) is 2. The van der Waals surface area contributed by atoms with Crippen LogP contribution in [0.25, 0.3) is 0 Å². The third-order valence-electron chi connectivity index (χ3n) is 10.9. The average molecular weight is 613 g/mol. The monoisotopic (exact) mass is 612 g/mol. The third kappa shape index (κ3) is 4.75. The first kappa shape index (κ1) is 33.2. The topological polar surface area (TPSA) is 127 Å². The van der Waals surface area contributed by atoms with Gasteiger partial charge in [0.2, 0.25) is 11.4 Å². The van der Waals surface area contributed by atoms with Crippen molar-refractivity contribution in [3.05, 3.63) is 23.6 Å². The second-order valence-corrected chi connectivity index (χ2v) is 13.3. The number of carboxylic acid groups (broad SMARTS) is 1. The molecule has 0 bridgehead atoms. The van der Waals surface area contributed by atoms with E-state index in [9.17, 15) is 29.4 Å². The first-order valence-electron chi connectivity index (χ1n) is 15.4. The van der Waals surface area contributed by atoms with Crippen LogP contribution in [0, 0.1) is 28.6 Å². The highest BCUT2D eigenvalue weighted by atomic mass is 19.2. The summed E-state index contributed by atoms with van der Waals surface area (Å²) >= 11 is 0. The number of hydrogen-bond donors (Lipinski definition) is 2. The molecule has 43 heavy (non-hydrogen) atoms. The Kier molecular flexibility index (Phi) is 9.01. The van der Waals surface area contributed by atoms with Crippen LogP contribution in [0.3, 0.4) is 0 Å². The van der Waals surface area contributed by atoms with Gasteiger partial charge in [-0.3, -0.25) is 9.59 Å². The maximum Gasteiger partial charge on any atom is 0.375 e. The quantitative estimate of drug-likeness (QED) is 0.143. The summed E-state index contributed by atoms with van der Waals surface area (Å²) in [5.41, 5.74) is -8.77.